The maximum Gasteiger partial charge on any atom is 0.231 e. The van der Waals surface area contributed by atoms with E-state index in [4.69, 9.17) is 10.2 Å². The van der Waals surface area contributed by atoms with Crippen molar-refractivity contribution in [1.29, 1.82) is 5.41 Å². The van der Waals surface area contributed by atoms with E-state index in [0.29, 0.717) is 0 Å². The molecule has 8 heavy (non-hydrogen) atoms. The van der Waals surface area contributed by atoms with E-state index in [1.54, 1.807) is 0 Å². The van der Waals surface area contributed by atoms with E-state index in [-0.39, 0.29) is 0 Å². The number of hydrogen-bond acceptors (Lipinski definition) is 3. The molecule has 1 heterocycles. The van der Waals surface area contributed by atoms with Crippen LogP contribution in [0.15, 0.2) is 0 Å². The highest BCUT2D eigenvalue weighted by molar-refractivity contribution is 5.26. The van der Waals surface area contributed by atoms with Crippen LogP contribution in [0.4, 0.5) is 0 Å². The molecular weight excluding hydrogens is 104 g/mol. The van der Waals surface area contributed by atoms with Gasteiger partial charge in [-0.1, -0.05) is 0 Å². The second-order valence-corrected chi connectivity index (χ2v) is 1.56. The van der Waals surface area contributed by atoms with Gasteiger partial charge in [0.25, 0.3) is 0 Å². The van der Waals surface area contributed by atoms with Crippen LogP contribution in [0.3, 0.4) is 0 Å². The van der Waals surface area contributed by atoms with E-state index in [1.165, 1.54) is 25.9 Å². The summed E-state index contributed by atoms with van der Waals surface area (Å²) in [6, 6.07) is 0. The second kappa shape index (κ2) is 6.34. The van der Waals surface area contributed by atoms with Crippen molar-refractivity contribution in [2.24, 2.45) is 0 Å². The van der Waals surface area contributed by atoms with Gasteiger partial charge in [0.1, 0.15) is 0 Å². The summed E-state index contributed by atoms with van der Waals surface area (Å²) < 4.78 is 0. The highest BCUT2D eigenvalue weighted by atomic mass is 16.1. The zero-order chi connectivity index (χ0) is 6.24. The molecule has 1 rings (SSSR count). The quantitative estimate of drug-likeness (QED) is 0.351. The Balaban J connectivity index is 0.000000145. The first kappa shape index (κ1) is 7.34. The molecule has 0 aromatic heterocycles. The van der Waals surface area contributed by atoms with E-state index in [9.17, 15) is 0 Å². The monoisotopic (exact) mass is 114 g/mol. The lowest BCUT2D eigenvalue weighted by atomic mass is 10.4. The summed E-state index contributed by atoms with van der Waals surface area (Å²) in [5, 5.41) is 8.62. The zero-order valence-electron chi connectivity index (χ0n) is 4.74. The van der Waals surface area contributed by atoms with Gasteiger partial charge in [-0.25, -0.2) is 10.2 Å². The Morgan fingerprint density at radius 1 is 1.38 bits per heavy atom. The molecule has 1 saturated heterocycles. The molecule has 0 atom stereocenters. The van der Waals surface area contributed by atoms with Gasteiger partial charge < -0.3 is 5.32 Å². The predicted molar refractivity (Wildman–Crippen MR) is 30.5 cm³/mol. The van der Waals surface area contributed by atoms with Crippen molar-refractivity contribution < 1.29 is 4.79 Å². The molecule has 0 bridgehead atoms. The molecule has 1 aliphatic heterocycles. The molecule has 0 radical (unpaired) electrons. The number of isocyanates is 1. The van der Waals surface area contributed by atoms with Crippen LogP contribution in [0.2, 0.25) is 0 Å². The summed E-state index contributed by atoms with van der Waals surface area (Å²) in [7, 11) is 0. The number of carbonyl (C=O) groups excluding carboxylic acids is 1. The zero-order valence-corrected chi connectivity index (χ0v) is 4.74. The molecule has 0 aliphatic carbocycles. The van der Waals surface area contributed by atoms with E-state index < -0.39 is 0 Å². The normalized spacial score (nSPS) is 16.0. The van der Waals surface area contributed by atoms with Crippen LogP contribution in [0.5, 0.6) is 0 Å². The number of hydrogen-bond donors (Lipinski definition) is 2. The molecule has 1 fully saturated rings. The van der Waals surface area contributed by atoms with E-state index in [1.807, 2.05) is 0 Å². The Kier molecular flexibility index (Phi) is 5.82. The van der Waals surface area contributed by atoms with Crippen molar-refractivity contribution in [1.82, 2.24) is 5.32 Å². The topological polar surface area (TPSA) is 53.0 Å². The van der Waals surface area contributed by atoms with Gasteiger partial charge in [0.15, 0.2) is 0 Å². The minimum absolute atomic E-state index is 0.750. The lowest BCUT2D eigenvalue weighted by Crippen LogP contribution is -2.03. The molecule has 0 spiro atoms. The second-order valence-electron chi connectivity index (χ2n) is 1.56. The van der Waals surface area contributed by atoms with Crippen LogP contribution in [-0.4, -0.2) is 19.2 Å². The lowest BCUT2D eigenvalue weighted by Gasteiger charge is -1.76. The predicted octanol–water partition coefficient (Wildman–Crippen LogP) is 0.271. The van der Waals surface area contributed by atoms with Gasteiger partial charge in [0.2, 0.25) is 6.08 Å². The molecule has 46 valence electrons. The van der Waals surface area contributed by atoms with E-state index >= 15 is 0 Å². The Morgan fingerprint density at radius 2 is 1.75 bits per heavy atom. The fourth-order valence-corrected chi connectivity index (χ4v) is 0.625. The van der Waals surface area contributed by atoms with Gasteiger partial charge in [0.05, 0.1) is 0 Å². The fourth-order valence-electron chi connectivity index (χ4n) is 0.625. The van der Waals surface area contributed by atoms with Crippen molar-refractivity contribution in [2.75, 3.05) is 13.1 Å². The lowest BCUT2D eigenvalue weighted by molar-refractivity contribution is 0.563. The summed E-state index contributed by atoms with van der Waals surface area (Å²) in [5.74, 6) is 0. The third-order valence-electron chi connectivity index (χ3n) is 0.957. The van der Waals surface area contributed by atoms with Gasteiger partial charge in [0, 0.05) is 0 Å². The smallest absolute Gasteiger partial charge is 0.231 e. The summed E-state index contributed by atoms with van der Waals surface area (Å²) in [4.78, 5) is 8.35. The van der Waals surface area contributed by atoms with Crippen molar-refractivity contribution in [2.45, 2.75) is 12.8 Å². The van der Waals surface area contributed by atoms with Crippen LogP contribution < -0.4 is 5.32 Å². The van der Waals surface area contributed by atoms with Gasteiger partial charge in [-0.05, 0) is 25.9 Å². The van der Waals surface area contributed by atoms with Crippen LogP contribution >= 0.6 is 0 Å². The van der Waals surface area contributed by atoms with Crippen molar-refractivity contribution in [3.8, 4) is 0 Å². The fraction of sp³-hybridized carbons (Fsp3) is 0.800. The first-order chi connectivity index (χ1) is 3.91. The van der Waals surface area contributed by atoms with E-state index in [0.717, 1.165) is 6.08 Å². The van der Waals surface area contributed by atoms with Crippen LogP contribution in [0.1, 0.15) is 12.8 Å². The standard InChI is InChI=1S/C4H9N.CHNO/c1-2-4-5-3-1;2-1-3/h5H,1-4H2;2H. The minimum Gasteiger partial charge on any atom is -0.317 e. The maximum absolute atomic E-state index is 8.35. The molecular formula is C5H10N2O. The van der Waals surface area contributed by atoms with Crippen molar-refractivity contribution in [3.05, 3.63) is 0 Å². The van der Waals surface area contributed by atoms with E-state index in [2.05, 4.69) is 5.32 Å². The molecule has 3 heteroatoms. The highest BCUT2D eigenvalue weighted by Gasteiger charge is 1.93. The average molecular weight is 114 g/mol. The third-order valence-corrected chi connectivity index (χ3v) is 0.957. The molecule has 0 aromatic rings. The molecule has 2 N–H and O–H groups in total. The summed E-state index contributed by atoms with van der Waals surface area (Å²) in [6.07, 6.45) is 3.53. The molecule has 0 saturated carbocycles. The molecule has 1 aliphatic rings. The Bertz CT molecular complexity index is 64.9. The SMILES string of the molecule is C1CCNC1.N=C=O. The Morgan fingerprint density at radius 3 is 1.88 bits per heavy atom. The third kappa shape index (κ3) is 5.34. The minimum atomic E-state index is 0.750. The Labute approximate surface area is 48.6 Å². The van der Waals surface area contributed by atoms with Crippen LogP contribution in [0.25, 0.3) is 0 Å². The average Bonchev–Trinajstić information content (AvgIpc) is 2.17. The molecule has 0 amide bonds. The number of nitrogens with one attached hydrogen (secondary N) is 2. The van der Waals surface area contributed by atoms with Gasteiger partial charge in [-0.15, -0.1) is 0 Å². The van der Waals surface area contributed by atoms with Crippen LogP contribution in [0, 0.1) is 5.41 Å². The molecule has 0 aromatic carbocycles. The Hall–Kier alpha value is -0.660. The molecule has 0 unspecified atom stereocenters. The largest absolute Gasteiger partial charge is 0.317 e. The maximum atomic E-state index is 8.35. The summed E-state index contributed by atoms with van der Waals surface area (Å²) in [5.41, 5.74) is 0. The van der Waals surface area contributed by atoms with Gasteiger partial charge in [-0.3, -0.25) is 0 Å². The molecule has 3 nitrogen and oxygen atoms in total. The summed E-state index contributed by atoms with van der Waals surface area (Å²) in [6.45, 7) is 2.50. The first-order valence-corrected chi connectivity index (χ1v) is 2.66. The highest BCUT2D eigenvalue weighted by Crippen LogP contribution is 1.90. The van der Waals surface area contributed by atoms with Crippen LogP contribution in [-0.2, 0) is 4.79 Å². The summed E-state index contributed by atoms with van der Waals surface area (Å²) >= 11 is 0. The number of rotatable bonds is 0. The van der Waals surface area contributed by atoms with Crippen molar-refractivity contribution >= 4 is 6.08 Å². The van der Waals surface area contributed by atoms with Crippen molar-refractivity contribution in [3.63, 3.8) is 0 Å². The first-order valence-electron chi connectivity index (χ1n) is 2.66. The van der Waals surface area contributed by atoms with Gasteiger partial charge >= 0.3 is 0 Å². The van der Waals surface area contributed by atoms with Gasteiger partial charge in [-0.2, -0.15) is 0 Å².